The van der Waals surface area contributed by atoms with Crippen LogP contribution in [0, 0.1) is 5.82 Å². The zero-order valence-corrected chi connectivity index (χ0v) is 10.9. The molecule has 1 nitrogen and oxygen atoms in total. The molecule has 2 aromatic carbocycles. The Labute approximate surface area is 112 Å². The van der Waals surface area contributed by atoms with Crippen molar-refractivity contribution >= 4 is 11.6 Å². The summed E-state index contributed by atoms with van der Waals surface area (Å²) in [4.78, 5) is 0. The SMILES string of the molecule is CNC(Cc1ccccc1)c1ccc(F)c(Cl)c1. The molecule has 2 rings (SSSR count). The number of hydrogen-bond donors (Lipinski definition) is 1. The van der Waals surface area contributed by atoms with Crippen LogP contribution in [-0.4, -0.2) is 7.05 Å². The minimum atomic E-state index is -0.380. The third-order valence-corrected chi connectivity index (χ3v) is 3.27. The van der Waals surface area contributed by atoms with Crippen LogP contribution in [0.2, 0.25) is 5.02 Å². The average molecular weight is 264 g/mol. The van der Waals surface area contributed by atoms with Crippen LogP contribution in [-0.2, 0) is 6.42 Å². The van der Waals surface area contributed by atoms with Gasteiger partial charge in [-0.15, -0.1) is 0 Å². The number of benzene rings is 2. The Bertz CT molecular complexity index is 513. The molecule has 0 aliphatic heterocycles. The summed E-state index contributed by atoms with van der Waals surface area (Å²) in [6.07, 6.45) is 0.847. The lowest BCUT2D eigenvalue weighted by Crippen LogP contribution is -2.18. The molecular formula is C15H15ClFN. The lowest BCUT2D eigenvalue weighted by atomic mass is 9.99. The van der Waals surface area contributed by atoms with E-state index in [0.717, 1.165) is 12.0 Å². The standard InChI is InChI=1S/C15H15ClFN/c1-18-15(9-11-5-3-2-4-6-11)12-7-8-14(17)13(16)10-12/h2-8,10,15,18H,9H2,1H3. The van der Waals surface area contributed by atoms with E-state index in [0.29, 0.717) is 0 Å². The molecule has 0 saturated carbocycles. The Morgan fingerprint density at radius 2 is 1.89 bits per heavy atom. The molecule has 0 radical (unpaired) electrons. The number of nitrogens with one attached hydrogen (secondary N) is 1. The van der Waals surface area contributed by atoms with Crippen LogP contribution in [0.4, 0.5) is 4.39 Å². The normalized spacial score (nSPS) is 12.4. The molecule has 3 heteroatoms. The second kappa shape index (κ2) is 5.98. The molecular weight excluding hydrogens is 249 g/mol. The van der Waals surface area contributed by atoms with E-state index in [-0.39, 0.29) is 16.9 Å². The summed E-state index contributed by atoms with van der Waals surface area (Å²) in [7, 11) is 1.89. The molecule has 0 heterocycles. The number of likely N-dealkylation sites (N-methyl/N-ethyl adjacent to an activating group) is 1. The van der Waals surface area contributed by atoms with Gasteiger partial charge in [-0.25, -0.2) is 4.39 Å². The summed E-state index contributed by atoms with van der Waals surface area (Å²) in [6.45, 7) is 0. The van der Waals surface area contributed by atoms with E-state index in [9.17, 15) is 4.39 Å². The maximum Gasteiger partial charge on any atom is 0.141 e. The Kier molecular flexibility index (Phi) is 4.34. The van der Waals surface area contributed by atoms with Gasteiger partial charge in [0.05, 0.1) is 5.02 Å². The largest absolute Gasteiger partial charge is 0.313 e. The van der Waals surface area contributed by atoms with Crippen molar-refractivity contribution in [2.75, 3.05) is 7.05 Å². The summed E-state index contributed by atoms with van der Waals surface area (Å²) in [5.41, 5.74) is 2.23. The molecule has 0 aliphatic rings. The lowest BCUT2D eigenvalue weighted by Gasteiger charge is -2.17. The molecule has 0 bridgehead atoms. The van der Waals surface area contributed by atoms with Gasteiger partial charge in [0.2, 0.25) is 0 Å². The second-order valence-electron chi connectivity index (χ2n) is 4.20. The number of halogens is 2. The van der Waals surface area contributed by atoms with E-state index in [1.165, 1.54) is 11.6 Å². The van der Waals surface area contributed by atoms with E-state index in [4.69, 9.17) is 11.6 Å². The van der Waals surface area contributed by atoms with Crippen molar-refractivity contribution in [2.24, 2.45) is 0 Å². The van der Waals surface area contributed by atoms with Crippen molar-refractivity contribution in [3.8, 4) is 0 Å². The van der Waals surface area contributed by atoms with Crippen LogP contribution in [0.3, 0.4) is 0 Å². The predicted octanol–water partition coefficient (Wildman–Crippen LogP) is 3.98. The Morgan fingerprint density at radius 1 is 1.17 bits per heavy atom. The minimum Gasteiger partial charge on any atom is -0.313 e. The van der Waals surface area contributed by atoms with E-state index in [1.807, 2.05) is 25.2 Å². The molecule has 0 aliphatic carbocycles. The number of rotatable bonds is 4. The first-order valence-corrected chi connectivity index (χ1v) is 6.24. The van der Waals surface area contributed by atoms with Crippen molar-refractivity contribution in [1.82, 2.24) is 5.32 Å². The van der Waals surface area contributed by atoms with Gasteiger partial charge in [0.15, 0.2) is 0 Å². The van der Waals surface area contributed by atoms with Crippen LogP contribution < -0.4 is 5.32 Å². The molecule has 94 valence electrons. The summed E-state index contributed by atoms with van der Waals surface area (Å²) >= 11 is 5.82. The fourth-order valence-electron chi connectivity index (χ4n) is 1.97. The van der Waals surface area contributed by atoms with Gasteiger partial charge in [0.25, 0.3) is 0 Å². The van der Waals surface area contributed by atoms with Gasteiger partial charge in [0, 0.05) is 6.04 Å². The molecule has 0 saturated heterocycles. The molecule has 0 amide bonds. The Morgan fingerprint density at radius 3 is 2.50 bits per heavy atom. The molecule has 1 N–H and O–H groups in total. The third-order valence-electron chi connectivity index (χ3n) is 2.98. The maximum absolute atomic E-state index is 13.1. The van der Waals surface area contributed by atoms with E-state index < -0.39 is 0 Å². The van der Waals surface area contributed by atoms with Gasteiger partial charge >= 0.3 is 0 Å². The Balaban J connectivity index is 2.20. The van der Waals surface area contributed by atoms with Crippen molar-refractivity contribution in [2.45, 2.75) is 12.5 Å². The summed E-state index contributed by atoms with van der Waals surface area (Å²) in [6, 6.07) is 15.2. The molecule has 0 aromatic heterocycles. The maximum atomic E-state index is 13.1. The summed E-state index contributed by atoms with van der Waals surface area (Å²) < 4.78 is 13.1. The van der Waals surface area contributed by atoms with Gasteiger partial charge in [0.1, 0.15) is 5.82 Å². The van der Waals surface area contributed by atoms with E-state index in [2.05, 4.69) is 17.4 Å². The summed E-state index contributed by atoms with van der Waals surface area (Å²) in [5, 5.41) is 3.40. The zero-order valence-electron chi connectivity index (χ0n) is 10.2. The van der Waals surface area contributed by atoms with Crippen LogP contribution in [0.5, 0.6) is 0 Å². The highest BCUT2D eigenvalue weighted by Gasteiger charge is 2.11. The van der Waals surface area contributed by atoms with Gasteiger partial charge in [-0.2, -0.15) is 0 Å². The topological polar surface area (TPSA) is 12.0 Å². The van der Waals surface area contributed by atoms with E-state index in [1.54, 1.807) is 12.1 Å². The van der Waals surface area contributed by atoms with Gasteiger partial charge < -0.3 is 5.32 Å². The molecule has 2 aromatic rings. The fourth-order valence-corrected chi connectivity index (χ4v) is 2.15. The molecule has 0 fully saturated rings. The van der Waals surface area contributed by atoms with Gasteiger partial charge in [-0.3, -0.25) is 0 Å². The monoisotopic (exact) mass is 263 g/mol. The first kappa shape index (κ1) is 13.1. The quantitative estimate of drug-likeness (QED) is 0.880. The summed E-state index contributed by atoms with van der Waals surface area (Å²) in [5.74, 6) is -0.380. The average Bonchev–Trinajstić information content (AvgIpc) is 2.40. The van der Waals surface area contributed by atoms with Gasteiger partial charge in [-0.1, -0.05) is 48.0 Å². The fraction of sp³-hybridized carbons (Fsp3) is 0.200. The Hall–Kier alpha value is -1.38. The predicted molar refractivity (Wildman–Crippen MR) is 73.4 cm³/mol. The van der Waals surface area contributed by atoms with Crippen LogP contribution in [0.25, 0.3) is 0 Å². The highest BCUT2D eigenvalue weighted by molar-refractivity contribution is 6.30. The van der Waals surface area contributed by atoms with Crippen molar-refractivity contribution in [3.05, 3.63) is 70.5 Å². The second-order valence-corrected chi connectivity index (χ2v) is 4.61. The zero-order chi connectivity index (χ0) is 13.0. The first-order valence-electron chi connectivity index (χ1n) is 5.87. The van der Waals surface area contributed by atoms with Crippen molar-refractivity contribution in [3.63, 3.8) is 0 Å². The molecule has 0 spiro atoms. The highest BCUT2D eigenvalue weighted by atomic mass is 35.5. The van der Waals surface area contributed by atoms with E-state index >= 15 is 0 Å². The minimum absolute atomic E-state index is 0.130. The highest BCUT2D eigenvalue weighted by Crippen LogP contribution is 2.23. The first-order chi connectivity index (χ1) is 8.70. The van der Waals surface area contributed by atoms with Crippen LogP contribution in [0.1, 0.15) is 17.2 Å². The van der Waals surface area contributed by atoms with Crippen LogP contribution >= 0.6 is 11.6 Å². The smallest absolute Gasteiger partial charge is 0.141 e. The molecule has 1 unspecified atom stereocenters. The van der Waals surface area contributed by atoms with Crippen molar-refractivity contribution < 1.29 is 4.39 Å². The number of hydrogen-bond acceptors (Lipinski definition) is 1. The molecule has 18 heavy (non-hydrogen) atoms. The van der Waals surface area contributed by atoms with Gasteiger partial charge in [-0.05, 0) is 36.7 Å². The van der Waals surface area contributed by atoms with Crippen LogP contribution in [0.15, 0.2) is 48.5 Å². The molecule has 1 atom stereocenters. The lowest BCUT2D eigenvalue weighted by molar-refractivity contribution is 0.586. The van der Waals surface area contributed by atoms with Crippen molar-refractivity contribution in [1.29, 1.82) is 0 Å². The third kappa shape index (κ3) is 3.09.